The second kappa shape index (κ2) is 4.83. The van der Waals surface area contributed by atoms with E-state index in [1.165, 1.54) is 5.69 Å². The van der Waals surface area contributed by atoms with Crippen LogP contribution in [0.1, 0.15) is 19.5 Å². The molecule has 0 saturated carbocycles. The summed E-state index contributed by atoms with van der Waals surface area (Å²) in [5, 5.41) is 11.8. The molecule has 0 atom stereocenters. The predicted octanol–water partition coefficient (Wildman–Crippen LogP) is 1.73. The second-order valence-electron chi connectivity index (χ2n) is 3.58. The van der Waals surface area contributed by atoms with Gasteiger partial charge in [0.2, 0.25) is 0 Å². The third kappa shape index (κ3) is 2.24. The standard InChI is InChI=1S/C11H17N5/c1-3-15-9-10(7-14-15)12-8-11-5-6-13-16(11)4-2/h5-7,9,12H,3-4,8H2,1-2H3. The zero-order chi connectivity index (χ0) is 11.4. The minimum Gasteiger partial charge on any atom is -0.377 e. The Morgan fingerprint density at radius 3 is 2.81 bits per heavy atom. The van der Waals surface area contributed by atoms with Crippen LogP contribution in [0.25, 0.3) is 0 Å². The van der Waals surface area contributed by atoms with Gasteiger partial charge < -0.3 is 5.32 Å². The van der Waals surface area contributed by atoms with Crippen molar-refractivity contribution in [2.75, 3.05) is 5.32 Å². The summed E-state index contributed by atoms with van der Waals surface area (Å²) < 4.78 is 3.89. The molecule has 2 aromatic rings. The topological polar surface area (TPSA) is 47.7 Å². The highest BCUT2D eigenvalue weighted by molar-refractivity contribution is 5.38. The van der Waals surface area contributed by atoms with Crippen molar-refractivity contribution >= 4 is 5.69 Å². The molecule has 0 spiro atoms. The van der Waals surface area contributed by atoms with Gasteiger partial charge in [0, 0.05) is 25.5 Å². The van der Waals surface area contributed by atoms with Crippen LogP contribution >= 0.6 is 0 Å². The zero-order valence-corrected chi connectivity index (χ0v) is 9.72. The monoisotopic (exact) mass is 219 g/mol. The minimum absolute atomic E-state index is 0.781. The first-order valence-corrected chi connectivity index (χ1v) is 5.60. The van der Waals surface area contributed by atoms with Crippen LogP contribution in [0, 0.1) is 0 Å². The molecule has 0 aromatic carbocycles. The Labute approximate surface area is 95.1 Å². The SMILES string of the molecule is CCn1cc(NCc2ccnn2CC)cn1. The Balaban J connectivity index is 1.96. The summed E-state index contributed by atoms with van der Waals surface area (Å²) in [5.41, 5.74) is 2.23. The third-order valence-corrected chi connectivity index (χ3v) is 2.53. The number of hydrogen-bond donors (Lipinski definition) is 1. The average molecular weight is 219 g/mol. The maximum absolute atomic E-state index is 4.22. The zero-order valence-electron chi connectivity index (χ0n) is 9.72. The van der Waals surface area contributed by atoms with E-state index in [0.717, 1.165) is 25.3 Å². The van der Waals surface area contributed by atoms with E-state index in [1.807, 2.05) is 34.0 Å². The molecule has 0 radical (unpaired) electrons. The molecule has 5 heteroatoms. The Kier molecular flexibility index (Phi) is 3.24. The molecule has 86 valence electrons. The van der Waals surface area contributed by atoms with Crippen LogP contribution in [0.4, 0.5) is 5.69 Å². The van der Waals surface area contributed by atoms with E-state index in [4.69, 9.17) is 0 Å². The lowest BCUT2D eigenvalue weighted by Gasteiger charge is -2.05. The van der Waals surface area contributed by atoms with Gasteiger partial charge in [0.25, 0.3) is 0 Å². The molecule has 0 unspecified atom stereocenters. The number of aryl methyl sites for hydroxylation is 2. The molecule has 2 heterocycles. The molecule has 0 aliphatic carbocycles. The van der Waals surface area contributed by atoms with E-state index in [-0.39, 0.29) is 0 Å². The van der Waals surface area contributed by atoms with Gasteiger partial charge in [0.15, 0.2) is 0 Å². The van der Waals surface area contributed by atoms with Gasteiger partial charge in [-0.25, -0.2) is 0 Å². The molecule has 5 nitrogen and oxygen atoms in total. The van der Waals surface area contributed by atoms with Crippen LogP contribution in [0.15, 0.2) is 24.7 Å². The van der Waals surface area contributed by atoms with Crippen molar-refractivity contribution in [2.45, 2.75) is 33.5 Å². The molecule has 0 fully saturated rings. The summed E-state index contributed by atoms with van der Waals surface area (Å²) in [6, 6.07) is 2.03. The largest absolute Gasteiger partial charge is 0.377 e. The Bertz CT molecular complexity index is 443. The number of anilines is 1. The van der Waals surface area contributed by atoms with Gasteiger partial charge in [-0.1, -0.05) is 0 Å². The van der Waals surface area contributed by atoms with Gasteiger partial charge in [-0.15, -0.1) is 0 Å². The molecule has 2 aromatic heterocycles. The maximum atomic E-state index is 4.22. The van der Waals surface area contributed by atoms with Crippen LogP contribution < -0.4 is 5.32 Å². The fourth-order valence-electron chi connectivity index (χ4n) is 1.62. The van der Waals surface area contributed by atoms with Gasteiger partial charge in [-0.3, -0.25) is 9.36 Å². The van der Waals surface area contributed by atoms with E-state index in [2.05, 4.69) is 29.4 Å². The molecule has 0 aliphatic rings. The molecule has 1 N–H and O–H groups in total. The highest BCUT2D eigenvalue weighted by Crippen LogP contribution is 2.07. The second-order valence-corrected chi connectivity index (χ2v) is 3.58. The lowest BCUT2D eigenvalue weighted by molar-refractivity contribution is 0.627. The number of hydrogen-bond acceptors (Lipinski definition) is 3. The minimum atomic E-state index is 0.781. The summed E-state index contributed by atoms with van der Waals surface area (Å²) in [6.07, 6.45) is 5.68. The van der Waals surface area contributed by atoms with Crippen molar-refractivity contribution in [3.05, 3.63) is 30.4 Å². The first kappa shape index (κ1) is 10.7. The van der Waals surface area contributed by atoms with E-state index >= 15 is 0 Å². The normalized spacial score (nSPS) is 10.6. The van der Waals surface area contributed by atoms with Crippen molar-refractivity contribution in [3.63, 3.8) is 0 Å². The molecule has 0 amide bonds. The van der Waals surface area contributed by atoms with Crippen LogP contribution in [0.3, 0.4) is 0 Å². The summed E-state index contributed by atoms with van der Waals surface area (Å²) in [6.45, 7) is 6.74. The summed E-state index contributed by atoms with van der Waals surface area (Å²) in [4.78, 5) is 0. The number of aromatic nitrogens is 4. The van der Waals surface area contributed by atoms with Gasteiger partial charge in [-0.2, -0.15) is 10.2 Å². The average Bonchev–Trinajstić information content (AvgIpc) is 2.94. The predicted molar refractivity (Wildman–Crippen MR) is 63.1 cm³/mol. The van der Waals surface area contributed by atoms with Gasteiger partial charge in [0.1, 0.15) is 0 Å². The van der Waals surface area contributed by atoms with Crippen molar-refractivity contribution < 1.29 is 0 Å². The fraction of sp³-hybridized carbons (Fsp3) is 0.455. The Morgan fingerprint density at radius 2 is 2.12 bits per heavy atom. The molecular weight excluding hydrogens is 202 g/mol. The van der Waals surface area contributed by atoms with E-state index in [1.54, 1.807) is 0 Å². The summed E-state index contributed by atoms with van der Waals surface area (Å²) in [5.74, 6) is 0. The van der Waals surface area contributed by atoms with Crippen LogP contribution in [0.5, 0.6) is 0 Å². The molecular formula is C11H17N5. The number of rotatable bonds is 5. The van der Waals surface area contributed by atoms with E-state index in [0.29, 0.717) is 0 Å². The third-order valence-electron chi connectivity index (χ3n) is 2.53. The highest BCUT2D eigenvalue weighted by atomic mass is 15.3. The maximum Gasteiger partial charge on any atom is 0.0729 e. The van der Waals surface area contributed by atoms with Crippen molar-refractivity contribution in [1.29, 1.82) is 0 Å². The lowest BCUT2D eigenvalue weighted by atomic mass is 10.4. The smallest absolute Gasteiger partial charge is 0.0729 e. The molecule has 2 rings (SSSR count). The molecule has 0 saturated heterocycles. The van der Waals surface area contributed by atoms with Crippen molar-refractivity contribution in [1.82, 2.24) is 19.6 Å². The summed E-state index contributed by atoms with van der Waals surface area (Å²) in [7, 11) is 0. The Morgan fingerprint density at radius 1 is 1.25 bits per heavy atom. The van der Waals surface area contributed by atoms with Gasteiger partial charge in [0.05, 0.1) is 24.1 Å². The summed E-state index contributed by atoms with van der Waals surface area (Å²) >= 11 is 0. The Hall–Kier alpha value is -1.78. The molecule has 0 aliphatic heterocycles. The molecule has 16 heavy (non-hydrogen) atoms. The first-order valence-electron chi connectivity index (χ1n) is 5.60. The van der Waals surface area contributed by atoms with Gasteiger partial charge >= 0.3 is 0 Å². The lowest BCUT2D eigenvalue weighted by Crippen LogP contribution is -2.07. The quantitative estimate of drug-likeness (QED) is 0.833. The number of nitrogens with one attached hydrogen (secondary N) is 1. The fourth-order valence-corrected chi connectivity index (χ4v) is 1.62. The van der Waals surface area contributed by atoms with Gasteiger partial charge in [-0.05, 0) is 19.9 Å². The highest BCUT2D eigenvalue weighted by Gasteiger charge is 2.01. The van der Waals surface area contributed by atoms with Crippen molar-refractivity contribution in [2.24, 2.45) is 0 Å². The number of nitrogens with zero attached hydrogens (tertiary/aromatic N) is 4. The van der Waals surface area contributed by atoms with Crippen LogP contribution in [-0.4, -0.2) is 19.6 Å². The van der Waals surface area contributed by atoms with Crippen LogP contribution in [-0.2, 0) is 19.6 Å². The van der Waals surface area contributed by atoms with E-state index < -0.39 is 0 Å². The van der Waals surface area contributed by atoms with Crippen molar-refractivity contribution in [3.8, 4) is 0 Å². The van der Waals surface area contributed by atoms with E-state index in [9.17, 15) is 0 Å². The first-order chi connectivity index (χ1) is 7.83. The van der Waals surface area contributed by atoms with Crippen LogP contribution in [0.2, 0.25) is 0 Å². The molecule has 0 bridgehead atoms.